The number of pyridine rings is 2. The molecular weight excluding hydrogens is 354 g/mol. The molecule has 1 N–H and O–H groups in total. The van der Waals surface area contributed by atoms with E-state index in [1.165, 1.54) is 7.11 Å². The topological polar surface area (TPSA) is 73.3 Å². The van der Waals surface area contributed by atoms with Gasteiger partial charge in [0.05, 0.1) is 7.11 Å². The van der Waals surface area contributed by atoms with E-state index in [-0.39, 0.29) is 12.5 Å². The lowest BCUT2D eigenvalue weighted by Crippen LogP contribution is -2.14. The molecule has 0 radical (unpaired) electrons. The second kappa shape index (κ2) is 8.31. The van der Waals surface area contributed by atoms with Crippen LogP contribution < -0.4 is 10.1 Å². The van der Waals surface area contributed by atoms with Crippen molar-refractivity contribution in [2.75, 3.05) is 12.4 Å². The highest BCUT2D eigenvalue weighted by Crippen LogP contribution is 2.29. The first kappa shape index (κ1) is 17.7. The van der Waals surface area contributed by atoms with Crippen LogP contribution in [0.5, 0.6) is 5.88 Å². The molecule has 3 aromatic rings. The molecule has 0 fully saturated rings. The third kappa shape index (κ3) is 4.49. The fourth-order valence-corrected chi connectivity index (χ4v) is 2.49. The van der Waals surface area contributed by atoms with E-state index in [4.69, 9.17) is 21.1 Å². The van der Waals surface area contributed by atoms with Gasteiger partial charge in [0, 0.05) is 18.0 Å². The van der Waals surface area contributed by atoms with Crippen LogP contribution in [0.1, 0.15) is 5.56 Å². The summed E-state index contributed by atoms with van der Waals surface area (Å²) in [6.45, 7) is 0.169. The van der Waals surface area contributed by atoms with Crippen LogP contribution in [0.3, 0.4) is 0 Å². The molecule has 7 heteroatoms. The summed E-state index contributed by atoms with van der Waals surface area (Å²) in [4.78, 5) is 20.3. The zero-order chi connectivity index (χ0) is 18.4. The highest BCUT2D eigenvalue weighted by Gasteiger charge is 2.12. The normalized spacial score (nSPS) is 10.2. The number of ether oxygens (including phenoxy) is 2. The monoisotopic (exact) mass is 369 g/mol. The fraction of sp³-hybridized carbons (Fsp3) is 0.105. The first-order valence-electron chi connectivity index (χ1n) is 7.79. The third-order valence-corrected chi connectivity index (χ3v) is 3.76. The summed E-state index contributed by atoms with van der Waals surface area (Å²) in [5.41, 5.74) is 2.87. The number of carbonyl (C=O) groups excluding carboxylic acids is 1. The van der Waals surface area contributed by atoms with Gasteiger partial charge in [-0.15, -0.1) is 0 Å². The molecule has 0 atom stereocenters. The number of aromatic nitrogens is 2. The summed E-state index contributed by atoms with van der Waals surface area (Å²) in [5, 5.41) is 3.03. The lowest BCUT2D eigenvalue weighted by atomic mass is 10.1. The van der Waals surface area contributed by atoms with Gasteiger partial charge >= 0.3 is 6.09 Å². The summed E-state index contributed by atoms with van der Waals surface area (Å²) in [6.07, 6.45) is 2.63. The third-order valence-electron chi connectivity index (χ3n) is 3.55. The number of methoxy groups -OCH3 is 1. The van der Waals surface area contributed by atoms with E-state index in [1.807, 2.05) is 30.3 Å². The van der Waals surface area contributed by atoms with Crippen LogP contribution in [0.2, 0.25) is 5.15 Å². The molecule has 0 saturated carbocycles. The maximum Gasteiger partial charge on any atom is 0.412 e. The van der Waals surface area contributed by atoms with Crippen molar-refractivity contribution in [2.24, 2.45) is 0 Å². The van der Waals surface area contributed by atoms with Gasteiger partial charge in [0.25, 0.3) is 0 Å². The lowest BCUT2D eigenvalue weighted by molar-refractivity contribution is 0.155. The number of hydrogen-bond donors (Lipinski definition) is 1. The fourth-order valence-electron chi connectivity index (χ4n) is 2.31. The predicted octanol–water partition coefficient (Wildman–Crippen LogP) is 4.55. The summed E-state index contributed by atoms with van der Waals surface area (Å²) >= 11 is 5.93. The number of amides is 1. The van der Waals surface area contributed by atoms with Crippen molar-refractivity contribution in [2.45, 2.75) is 6.61 Å². The van der Waals surface area contributed by atoms with Gasteiger partial charge in [-0.05, 0) is 29.3 Å². The van der Waals surface area contributed by atoms with Gasteiger partial charge < -0.3 is 9.47 Å². The number of nitrogens with one attached hydrogen (secondary N) is 1. The zero-order valence-electron chi connectivity index (χ0n) is 14.0. The molecule has 0 unspecified atom stereocenters. The minimum atomic E-state index is -0.598. The zero-order valence-corrected chi connectivity index (χ0v) is 14.7. The average Bonchev–Trinajstić information content (AvgIpc) is 2.67. The Morgan fingerprint density at radius 1 is 1.12 bits per heavy atom. The molecule has 2 aromatic heterocycles. The number of rotatable bonds is 5. The molecular formula is C19H16ClN3O3. The van der Waals surface area contributed by atoms with E-state index < -0.39 is 6.09 Å². The molecule has 0 bridgehead atoms. The van der Waals surface area contributed by atoms with Crippen LogP contribution in [0, 0.1) is 0 Å². The maximum atomic E-state index is 12.1. The molecule has 1 amide bonds. The smallest absolute Gasteiger partial charge is 0.412 e. The number of halogens is 1. The van der Waals surface area contributed by atoms with E-state index in [9.17, 15) is 4.79 Å². The van der Waals surface area contributed by atoms with Gasteiger partial charge in [0.1, 0.15) is 17.4 Å². The SMILES string of the molecule is COc1ncc(-c2ccnc(Cl)c2)cc1NC(=O)OCc1ccccc1. The van der Waals surface area contributed by atoms with Crippen LogP contribution in [-0.4, -0.2) is 23.2 Å². The summed E-state index contributed by atoms with van der Waals surface area (Å²) in [6, 6.07) is 14.7. The first-order valence-corrected chi connectivity index (χ1v) is 8.17. The van der Waals surface area contributed by atoms with Crippen molar-refractivity contribution in [1.82, 2.24) is 9.97 Å². The molecule has 1 aromatic carbocycles. The first-order chi connectivity index (χ1) is 12.7. The number of hydrogen-bond acceptors (Lipinski definition) is 5. The molecule has 132 valence electrons. The van der Waals surface area contributed by atoms with Crippen molar-refractivity contribution in [3.8, 4) is 17.0 Å². The van der Waals surface area contributed by atoms with Crippen molar-refractivity contribution in [3.63, 3.8) is 0 Å². The molecule has 26 heavy (non-hydrogen) atoms. The van der Waals surface area contributed by atoms with Gasteiger partial charge in [-0.25, -0.2) is 14.8 Å². The van der Waals surface area contributed by atoms with Gasteiger partial charge in [-0.1, -0.05) is 41.9 Å². The second-order valence-electron chi connectivity index (χ2n) is 5.33. The van der Waals surface area contributed by atoms with E-state index in [0.717, 1.165) is 16.7 Å². The van der Waals surface area contributed by atoms with Gasteiger partial charge in [0.15, 0.2) is 0 Å². The number of nitrogens with zero attached hydrogens (tertiary/aromatic N) is 2. The van der Waals surface area contributed by atoms with Crippen molar-refractivity contribution >= 4 is 23.4 Å². The van der Waals surface area contributed by atoms with Gasteiger partial charge in [0.2, 0.25) is 5.88 Å². The molecule has 0 aliphatic carbocycles. The Labute approximate surface area is 155 Å². The molecule has 0 saturated heterocycles. The van der Waals surface area contributed by atoms with Crippen LogP contribution >= 0.6 is 11.6 Å². The predicted molar refractivity (Wildman–Crippen MR) is 99.3 cm³/mol. The Hall–Kier alpha value is -3.12. The van der Waals surface area contributed by atoms with Gasteiger partial charge in [-0.2, -0.15) is 0 Å². The van der Waals surface area contributed by atoms with Crippen LogP contribution in [-0.2, 0) is 11.3 Å². The number of benzene rings is 1. The quantitative estimate of drug-likeness (QED) is 0.667. The Morgan fingerprint density at radius 3 is 2.65 bits per heavy atom. The van der Waals surface area contributed by atoms with Crippen molar-refractivity contribution in [3.05, 3.63) is 71.6 Å². The van der Waals surface area contributed by atoms with Crippen LogP contribution in [0.25, 0.3) is 11.1 Å². The molecule has 3 rings (SSSR count). The Kier molecular flexibility index (Phi) is 5.66. The number of carbonyl (C=O) groups is 1. The maximum absolute atomic E-state index is 12.1. The Bertz CT molecular complexity index is 904. The summed E-state index contributed by atoms with van der Waals surface area (Å²) < 4.78 is 10.4. The molecule has 0 aliphatic heterocycles. The Morgan fingerprint density at radius 2 is 1.92 bits per heavy atom. The Balaban J connectivity index is 1.75. The minimum absolute atomic E-state index is 0.169. The van der Waals surface area contributed by atoms with Gasteiger partial charge in [-0.3, -0.25) is 5.32 Å². The van der Waals surface area contributed by atoms with Crippen LogP contribution in [0.4, 0.5) is 10.5 Å². The minimum Gasteiger partial charge on any atom is -0.480 e. The second-order valence-corrected chi connectivity index (χ2v) is 5.72. The average molecular weight is 370 g/mol. The van der Waals surface area contributed by atoms with Crippen LogP contribution in [0.15, 0.2) is 60.9 Å². The summed E-state index contributed by atoms with van der Waals surface area (Å²) in [5.74, 6) is 0.283. The largest absolute Gasteiger partial charge is 0.480 e. The van der Waals surface area contributed by atoms with E-state index >= 15 is 0 Å². The standard InChI is InChI=1S/C19H16ClN3O3/c1-25-18-16(23-19(24)26-12-13-5-3-2-4-6-13)9-15(11-22-18)14-7-8-21-17(20)10-14/h2-11H,12H2,1H3,(H,23,24). The molecule has 0 spiro atoms. The van der Waals surface area contributed by atoms with E-state index in [0.29, 0.717) is 10.8 Å². The number of anilines is 1. The van der Waals surface area contributed by atoms with E-state index in [2.05, 4.69) is 15.3 Å². The lowest BCUT2D eigenvalue weighted by Gasteiger charge is -2.12. The summed E-state index contributed by atoms with van der Waals surface area (Å²) in [7, 11) is 1.48. The van der Waals surface area contributed by atoms with Crippen molar-refractivity contribution in [1.29, 1.82) is 0 Å². The highest BCUT2D eigenvalue weighted by atomic mass is 35.5. The van der Waals surface area contributed by atoms with E-state index in [1.54, 1.807) is 30.6 Å². The molecule has 2 heterocycles. The van der Waals surface area contributed by atoms with Crippen molar-refractivity contribution < 1.29 is 14.3 Å². The highest BCUT2D eigenvalue weighted by molar-refractivity contribution is 6.29. The molecule has 0 aliphatic rings. The molecule has 6 nitrogen and oxygen atoms in total.